The van der Waals surface area contributed by atoms with Gasteiger partial charge in [0, 0.05) is 38.3 Å². The summed E-state index contributed by atoms with van der Waals surface area (Å²) < 4.78 is 0. The lowest BCUT2D eigenvalue weighted by Gasteiger charge is -2.55. The van der Waals surface area contributed by atoms with Crippen molar-refractivity contribution in [3.05, 3.63) is 65.7 Å². The van der Waals surface area contributed by atoms with Gasteiger partial charge >= 0.3 is 5.97 Å². The first-order chi connectivity index (χ1) is 14.4. The number of rotatable bonds is 5. The van der Waals surface area contributed by atoms with Crippen molar-refractivity contribution in [3.8, 4) is 5.75 Å². The Balaban J connectivity index is 1.59. The van der Waals surface area contributed by atoms with Crippen LogP contribution in [0.25, 0.3) is 0 Å². The Morgan fingerprint density at radius 1 is 1.10 bits per heavy atom. The number of piperazine rings is 1. The number of phenols is 1. The van der Waals surface area contributed by atoms with E-state index in [9.17, 15) is 15.0 Å². The number of aromatic hydroxyl groups is 1. The number of carboxylic acid groups (broad SMARTS) is 1. The van der Waals surface area contributed by atoms with E-state index in [1.807, 2.05) is 18.2 Å². The van der Waals surface area contributed by atoms with Crippen LogP contribution in [-0.2, 0) is 10.2 Å². The maximum atomic E-state index is 11.3. The van der Waals surface area contributed by atoms with E-state index >= 15 is 0 Å². The molecule has 0 radical (unpaired) electrons. The number of carboxylic acids is 1. The zero-order chi connectivity index (χ0) is 21.3. The summed E-state index contributed by atoms with van der Waals surface area (Å²) in [5, 5.41) is 19.3. The quantitative estimate of drug-likeness (QED) is 0.786. The number of nitrogens with zero attached hydrogens (tertiary/aromatic N) is 2. The third-order valence-corrected chi connectivity index (χ3v) is 7.37. The van der Waals surface area contributed by atoms with E-state index in [-0.39, 0.29) is 17.9 Å². The zero-order valence-corrected chi connectivity index (χ0v) is 17.9. The van der Waals surface area contributed by atoms with Crippen LogP contribution in [-0.4, -0.2) is 58.2 Å². The molecule has 2 heterocycles. The molecule has 0 saturated carbocycles. The van der Waals surface area contributed by atoms with Gasteiger partial charge < -0.3 is 10.2 Å². The highest BCUT2D eigenvalue weighted by Crippen LogP contribution is 2.45. The Kier molecular flexibility index (Phi) is 5.85. The Labute approximate surface area is 178 Å². The van der Waals surface area contributed by atoms with E-state index in [0.717, 1.165) is 26.1 Å². The standard InChI is InChI=1S/C25H32N2O3/c1-18-15-27-17-23(19-7-4-3-5-8-19)26(12-11-24(29)30)16-21(27)14-25(18,2)20-9-6-10-22(28)13-20/h3-10,13,18,21,23,28H,11-12,14-17H2,1-2H3,(H,29,30)/t18-,21+,23+,25+/m0/s1. The lowest BCUT2D eigenvalue weighted by atomic mass is 9.65. The first-order valence-electron chi connectivity index (χ1n) is 10.9. The molecule has 2 aliphatic heterocycles. The molecule has 0 amide bonds. The average Bonchev–Trinajstić information content (AvgIpc) is 2.73. The molecule has 0 aliphatic carbocycles. The molecule has 160 valence electrons. The molecule has 0 bridgehead atoms. The molecule has 5 nitrogen and oxygen atoms in total. The van der Waals surface area contributed by atoms with Crippen molar-refractivity contribution in [3.63, 3.8) is 0 Å². The molecule has 0 spiro atoms. The van der Waals surface area contributed by atoms with Gasteiger partial charge in [0.25, 0.3) is 0 Å². The monoisotopic (exact) mass is 408 g/mol. The summed E-state index contributed by atoms with van der Waals surface area (Å²) in [5.74, 6) is 0.0304. The minimum atomic E-state index is -0.744. The van der Waals surface area contributed by atoms with E-state index < -0.39 is 5.97 Å². The second-order valence-electron chi connectivity index (χ2n) is 9.25. The lowest BCUT2D eigenvalue weighted by molar-refractivity contribution is -0.138. The van der Waals surface area contributed by atoms with Gasteiger partial charge in [0.2, 0.25) is 0 Å². The fourth-order valence-electron chi connectivity index (χ4n) is 5.40. The number of fused-ring (bicyclic) bond motifs is 1. The van der Waals surface area contributed by atoms with Crippen molar-refractivity contribution in [2.75, 3.05) is 26.2 Å². The maximum absolute atomic E-state index is 11.3. The fraction of sp³-hybridized carbons (Fsp3) is 0.480. The van der Waals surface area contributed by atoms with Crippen LogP contribution in [0.1, 0.15) is 43.9 Å². The number of phenolic OH excluding ortho intramolecular Hbond substituents is 1. The van der Waals surface area contributed by atoms with E-state index in [2.05, 4.69) is 54.0 Å². The predicted molar refractivity (Wildman–Crippen MR) is 118 cm³/mol. The second-order valence-corrected chi connectivity index (χ2v) is 9.25. The summed E-state index contributed by atoms with van der Waals surface area (Å²) in [6, 6.07) is 18.8. The van der Waals surface area contributed by atoms with Gasteiger partial charge in [0.05, 0.1) is 6.42 Å². The molecule has 2 saturated heterocycles. The predicted octanol–water partition coefficient (Wildman–Crippen LogP) is 3.89. The van der Waals surface area contributed by atoms with E-state index in [1.54, 1.807) is 6.07 Å². The Morgan fingerprint density at radius 3 is 2.57 bits per heavy atom. The van der Waals surface area contributed by atoms with Crippen LogP contribution in [0.4, 0.5) is 0 Å². The molecule has 2 aromatic rings. The summed E-state index contributed by atoms with van der Waals surface area (Å²) in [7, 11) is 0. The van der Waals surface area contributed by atoms with Gasteiger partial charge in [-0.3, -0.25) is 14.6 Å². The third kappa shape index (κ3) is 4.09. The number of hydrogen-bond acceptors (Lipinski definition) is 4. The number of benzene rings is 2. The van der Waals surface area contributed by atoms with Crippen molar-refractivity contribution < 1.29 is 15.0 Å². The molecule has 4 rings (SSSR count). The summed E-state index contributed by atoms with van der Waals surface area (Å²) in [4.78, 5) is 16.2. The number of carbonyl (C=O) groups is 1. The molecule has 30 heavy (non-hydrogen) atoms. The van der Waals surface area contributed by atoms with Crippen LogP contribution >= 0.6 is 0 Å². The van der Waals surface area contributed by atoms with Gasteiger partial charge in [-0.2, -0.15) is 0 Å². The van der Waals surface area contributed by atoms with Crippen LogP contribution in [0.5, 0.6) is 5.75 Å². The molecule has 0 aromatic heterocycles. The van der Waals surface area contributed by atoms with Gasteiger partial charge in [0.1, 0.15) is 5.75 Å². The first kappa shape index (κ1) is 20.9. The van der Waals surface area contributed by atoms with E-state index in [1.165, 1.54) is 11.1 Å². The Hall–Kier alpha value is -2.37. The van der Waals surface area contributed by atoms with E-state index in [0.29, 0.717) is 24.3 Å². The summed E-state index contributed by atoms with van der Waals surface area (Å²) in [5.41, 5.74) is 2.44. The van der Waals surface area contributed by atoms with Crippen molar-refractivity contribution in [2.45, 2.75) is 44.2 Å². The summed E-state index contributed by atoms with van der Waals surface area (Å²) in [6.07, 6.45) is 1.17. The van der Waals surface area contributed by atoms with Crippen LogP contribution < -0.4 is 0 Å². The molecular weight excluding hydrogens is 376 g/mol. The van der Waals surface area contributed by atoms with Crippen LogP contribution in [0.3, 0.4) is 0 Å². The Morgan fingerprint density at radius 2 is 1.87 bits per heavy atom. The van der Waals surface area contributed by atoms with Gasteiger partial charge in [-0.1, -0.05) is 56.3 Å². The van der Waals surface area contributed by atoms with Crippen molar-refractivity contribution in [2.24, 2.45) is 5.92 Å². The highest BCUT2D eigenvalue weighted by atomic mass is 16.4. The van der Waals surface area contributed by atoms with Crippen molar-refractivity contribution in [1.82, 2.24) is 9.80 Å². The van der Waals surface area contributed by atoms with Crippen molar-refractivity contribution in [1.29, 1.82) is 0 Å². The van der Waals surface area contributed by atoms with Gasteiger partial charge in [-0.15, -0.1) is 0 Å². The van der Waals surface area contributed by atoms with E-state index in [4.69, 9.17) is 0 Å². The first-order valence-corrected chi connectivity index (χ1v) is 10.9. The highest BCUT2D eigenvalue weighted by molar-refractivity contribution is 5.66. The fourth-order valence-corrected chi connectivity index (χ4v) is 5.40. The molecule has 5 heteroatoms. The molecule has 2 aliphatic rings. The summed E-state index contributed by atoms with van der Waals surface area (Å²) in [6.45, 7) is 8.00. The largest absolute Gasteiger partial charge is 0.508 e. The molecule has 2 aromatic carbocycles. The third-order valence-electron chi connectivity index (χ3n) is 7.37. The molecule has 2 fully saturated rings. The lowest BCUT2D eigenvalue weighted by Crippen LogP contribution is -2.61. The SMILES string of the molecule is C[C@H]1CN2C[C@H](c3ccccc3)N(CCC(=O)O)C[C@H]2C[C@@]1(C)c1cccc(O)c1. The average molecular weight is 409 g/mol. The highest BCUT2D eigenvalue weighted by Gasteiger charge is 2.46. The minimum absolute atomic E-state index is 0.0159. The normalized spacial score (nSPS) is 30.0. The van der Waals surface area contributed by atoms with Crippen LogP contribution in [0.2, 0.25) is 0 Å². The second kappa shape index (κ2) is 8.40. The number of piperidine rings is 1. The minimum Gasteiger partial charge on any atom is -0.508 e. The van der Waals surface area contributed by atoms with Gasteiger partial charge in [-0.25, -0.2) is 0 Å². The van der Waals surface area contributed by atoms with Crippen LogP contribution in [0.15, 0.2) is 54.6 Å². The maximum Gasteiger partial charge on any atom is 0.304 e. The summed E-state index contributed by atoms with van der Waals surface area (Å²) >= 11 is 0. The van der Waals surface area contributed by atoms with Crippen molar-refractivity contribution >= 4 is 5.97 Å². The van der Waals surface area contributed by atoms with Gasteiger partial charge in [0.15, 0.2) is 0 Å². The molecule has 0 unspecified atom stereocenters. The molecule has 2 N–H and O–H groups in total. The smallest absolute Gasteiger partial charge is 0.304 e. The molecule has 4 atom stereocenters. The number of aliphatic carboxylic acids is 1. The topological polar surface area (TPSA) is 64.0 Å². The Bertz CT molecular complexity index is 887. The van der Waals surface area contributed by atoms with Gasteiger partial charge in [-0.05, 0) is 41.0 Å². The number of hydrogen-bond donors (Lipinski definition) is 2. The molecular formula is C25H32N2O3. The van der Waals surface area contributed by atoms with Crippen LogP contribution in [0, 0.1) is 5.92 Å². The zero-order valence-electron chi connectivity index (χ0n) is 17.9.